The van der Waals surface area contributed by atoms with Crippen LogP contribution in [0.3, 0.4) is 0 Å². The van der Waals surface area contributed by atoms with E-state index in [0.29, 0.717) is 0 Å². The average molecular weight is 257 g/mol. The summed E-state index contributed by atoms with van der Waals surface area (Å²) in [4.78, 5) is 0. The minimum Gasteiger partial charge on any atom is -0.395 e. The Morgan fingerprint density at radius 2 is 1.88 bits per heavy atom. The van der Waals surface area contributed by atoms with Gasteiger partial charge in [0.25, 0.3) is 0 Å². The average Bonchev–Trinajstić information content (AvgIpc) is 2.36. The van der Waals surface area contributed by atoms with Gasteiger partial charge in [-0.3, -0.25) is 0 Å². The van der Waals surface area contributed by atoms with Crippen LogP contribution in [0.25, 0.3) is 0 Å². The third-order valence-corrected chi connectivity index (χ3v) is 4.70. The van der Waals surface area contributed by atoms with Crippen molar-refractivity contribution in [2.45, 2.75) is 19.9 Å². The Labute approximate surface area is 103 Å². The van der Waals surface area contributed by atoms with Crippen molar-refractivity contribution in [3.8, 4) is 0 Å². The molecule has 0 fully saturated rings. The summed E-state index contributed by atoms with van der Waals surface area (Å²) in [7, 11) is -3.30. The molecule has 0 aliphatic rings. The van der Waals surface area contributed by atoms with Gasteiger partial charge in [0.1, 0.15) is 0 Å². The number of aliphatic hydroxyl groups excluding tert-OH is 1. The van der Waals surface area contributed by atoms with Crippen LogP contribution in [-0.2, 0) is 10.0 Å². The van der Waals surface area contributed by atoms with Crippen molar-refractivity contribution in [2.24, 2.45) is 0 Å². The fraction of sp³-hybridized carbons (Fsp3) is 0.500. The zero-order valence-electron chi connectivity index (χ0n) is 10.2. The lowest BCUT2D eigenvalue weighted by atomic mass is 10.1. The molecule has 4 nitrogen and oxygen atoms in total. The summed E-state index contributed by atoms with van der Waals surface area (Å²) in [6.07, 6.45) is 0. The molecule has 0 aliphatic carbocycles. The maximum atomic E-state index is 11.9. The van der Waals surface area contributed by atoms with Crippen LogP contribution in [0.5, 0.6) is 0 Å². The zero-order chi connectivity index (χ0) is 12.9. The lowest BCUT2D eigenvalue weighted by Gasteiger charge is -2.27. The van der Waals surface area contributed by atoms with Crippen molar-refractivity contribution in [1.29, 1.82) is 0 Å². The number of hydrogen-bond donors (Lipinski definition) is 1. The Bertz CT molecular complexity index is 430. The minimum absolute atomic E-state index is 0.0458. The van der Waals surface area contributed by atoms with Crippen LogP contribution in [0.15, 0.2) is 30.3 Å². The molecule has 1 unspecified atom stereocenters. The molecule has 0 saturated carbocycles. The Morgan fingerprint density at radius 1 is 1.29 bits per heavy atom. The van der Waals surface area contributed by atoms with Crippen molar-refractivity contribution in [3.05, 3.63) is 35.9 Å². The van der Waals surface area contributed by atoms with Crippen LogP contribution >= 0.6 is 0 Å². The molecule has 0 saturated heterocycles. The van der Waals surface area contributed by atoms with E-state index >= 15 is 0 Å². The number of aliphatic hydroxyl groups is 1. The first-order valence-electron chi connectivity index (χ1n) is 5.68. The minimum atomic E-state index is -3.30. The molecule has 1 aromatic carbocycles. The molecule has 0 aromatic heterocycles. The van der Waals surface area contributed by atoms with Gasteiger partial charge in [-0.15, -0.1) is 0 Å². The van der Waals surface area contributed by atoms with Gasteiger partial charge in [-0.05, 0) is 19.4 Å². The molecule has 1 rings (SSSR count). The van der Waals surface area contributed by atoms with E-state index in [9.17, 15) is 8.42 Å². The highest BCUT2D eigenvalue weighted by atomic mass is 32.2. The smallest absolute Gasteiger partial charge is 0.214 e. The van der Waals surface area contributed by atoms with Gasteiger partial charge in [0.05, 0.1) is 12.4 Å². The SMILES string of the molecule is CCS(=O)(=O)N(CCO)C(C)c1ccccc1. The van der Waals surface area contributed by atoms with Crippen LogP contribution < -0.4 is 0 Å². The lowest BCUT2D eigenvalue weighted by Crippen LogP contribution is -2.36. The van der Waals surface area contributed by atoms with Crippen molar-refractivity contribution >= 4 is 10.0 Å². The van der Waals surface area contributed by atoms with Gasteiger partial charge in [-0.1, -0.05) is 30.3 Å². The first-order chi connectivity index (χ1) is 8.03. The van der Waals surface area contributed by atoms with Crippen LogP contribution in [0.1, 0.15) is 25.5 Å². The number of benzene rings is 1. The Kier molecular flexibility index (Phi) is 5.11. The maximum Gasteiger partial charge on any atom is 0.214 e. The molecule has 0 bridgehead atoms. The molecule has 96 valence electrons. The molecule has 0 spiro atoms. The van der Waals surface area contributed by atoms with Gasteiger partial charge in [-0.25, -0.2) is 8.42 Å². The first kappa shape index (κ1) is 14.2. The van der Waals surface area contributed by atoms with Crippen molar-refractivity contribution in [2.75, 3.05) is 18.9 Å². The van der Waals surface area contributed by atoms with E-state index in [0.717, 1.165) is 5.56 Å². The topological polar surface area (TPSA) is 57.6 Å². The molecular weight excluding hydrogens is 238 g/mol. The highest BCUT2D eigenvalue weighted by Crippen LogP contribution is 2.22. The van der Waals surface area contributed by atoms with Crippen molar-refractivity contribution < 1.29 is 13.5 Å². The zero-order valence-corrected chi connectivity index (χ0v) is 11.0. The fourth-order valence-corrected chi connectivity index (χ4v) is 3.03. The van der Waals surface area contributed by atoms with Crippen LogP contribution in [0.4, 0.5) is 0 Å². The summed E-state index contributed by atoms with van der Waals surface area (Å²) < 4.78 is 25.2. The molecule has 5 heteroatoms. The van der Waals surface area contributed by atoms with Crippen molar-refractivity contribution in [1.82, 2.24) is 4.31 Å². The van der Waals surface area contributed by atoms with E-state index in [1.807, 2.05) is 37.3 Å². The predicted octanol–water partition coefficient (Wildman–Crippen LogP) is 1.39. The Morgan fingerprint density at radius 3 is 2.35 bits per heavy atom. The van der Waals surface area contributed by atoms with Gasteiger partial charge >= 0.3 is 0 Å². The summed E-state index contributed by atoms with van der Waals surface area (Å²) in [5.74, 6) is 0.0458. The van der Waals surface area contributed by atoms with Gasteiger partial charge in [0.15, 0.2) is 0 Å². The van der Waals surface area contributed by atoms with Crippen LogP contribution in [0, 0.1) is 0 Å². The standard InChI is InChI=1S/C12H19NO3S/c1-3-17(15,16)13(9-10-14)11(2)12-7-5-4-6-8-12/h4-8,11,14H,3,9-10H2,1-2H3. The number of rotatable bonds is 6. The molecule has 0 heterocycles. The second kappa shape index (κ2) is 6.14. The Balaban J connectivity index is 3.00. The predicted molar refractivity (Wildman–Crippen MR) is 68.1 cm³/mol. The Hall–Kier alpha value is -0.910. The lowest BCUT2D eigenvalue weighted by molar-refractivity contribution is 0.232. The largest absolute Gasteiger partial charge is 0.395 e. The molecule has 0 aliphatic heterocycles. The normalized spacial score (nSPS) is 13.9. The fourth-order valence-electron chi connectivity index (χ4n) is 1.74. The monoisotopic (exact) mass is 257 g/mol. The molecule has 17 heavy (non-hydrogen) atoms. The van der Waals surface area contributed by atoms with Crippen LogP contribution in [0.2, 0.25) is 0 Å². The first-order valence-corrected chi connectivity index (χ1v) is 7.29. The van der Waals surface area contributed by atoms with Crippen molar-refractivity contribution in [3.63, 3.8) is 0 Å². The highest BCUT2D eigenvalue weighted by Gasteiger charge is 2.25. The van der Waals surface area contributed by atoms with Gasteiger partial charge in [-0.2, -0.15) is 4.31 Å². The molecule has 1 atom stereocenters. The summed E-state index contributed by atoms with van der Waals surface area (Å²) in [6, 6.07) is 9.16. The van der Waals surface area contributed by atoms with E-state index in [4.69, 9.17) is 5.11 Å². The molecular formula is C12H19NO3S. The summed E-state index contributed by atoms with van der Waals surface area (Å²) in [5.41, 5.74) is 0.929. The van der Waals surface area contributed by atoms with Gasteiger partial charge in [0.2, 0.25) is 10.0 Å². The van der Waals surface area contributed by atoms with Gasteiger partial charge in [0, 0.05) is 12.6 Å². The summed E-state index contributed by atoms with van der Waals surface area (Å²) >= 11 is 0. The molecule has 0 amide bonds. The molecule has 0 radical (unpaired) electrons. The highest BCUT2D eigenvalue weighted by molar-refractivity contribution is 7.89. The van der Waals surface area contributed by atoms with E-state index in [1.165, 1.54) is 4.31 Å². The van der Waals surface area contributed by atoms with E-state index < -0.39 is 10.0 Å². The number of nitrogens with zero attached hydrogens (tertiary/aromatic N) is 1. The second-order valence-corrected chi connectivity index (χ2v) is 6.03. The number of sulfonamides is 1. The van der Waals surface area contributed by atoms with Crippen LogP contribution in [-0.4, -0.2) is 36.7 Å². The van der Waals surface area contributed by atoms with E-state index in [1.54, 1.807) is 6.92 Å². The second-order valence-electron chi connectivity index (χ2n) is 3.82. The summed E-state index contributed by atoms with van der Waals surface area (Å²) in [6.45, 7) is 3.40. The summed E-state index contributed by atoms with van der Waals surface area (Å²) in [5, 5.41) is 8.99. The van der Waals surface area contributed by atoms with Gasteiger partial charge < -0.3 is 5.11 Å². The third-order valence-electron chi connectivity index (χ3n) is 2.76. The third kappa shape index (κ3) is 3.52. The maximum absolute atomic E-state index is 11.9. The quantitative estimate of drug-likeness (QED) is 0.838. The molecule has 1 aromatic rings. The number of hydrogen-bond acceptors (Lipinski definition) is 3. The molecule has 1 N–H and O–H groups in total. The van der Waals surface area contributed by atoms with E-state index in [2.05, 4.69) is 0 Å². The van der Waals surface area contributed by atoms with E-state index in [-0.39, 0.29) is 24.9 Å².